The second kappa shape index (κ2) is 14.3. The van der Waals surface area contributed by atoms with Gasteiger partial charge in [0.15, 0.2) is 0 Å². The Morgan fingerprint density at radius 3 is 1.77 bits per heavy atom. The van der Waals surface area contributed by atoms with Crippen LogP contribution in [-0.4, -0.2) is 11.7 Å². The predicted octanol–water partition coefficient (Wildman–Crippen LogP) is 13.3. The van der Waals surface area contributed by atoms with E-state index in [-0.39, 0.29) is 22.4 Å². The SMILES string of the molecule is CCCCc1ccc2cc3ccc(CCCC)cc3c(-c3cc(C(C)(C)CC(C)(C)C)cc(-c4cc(F)cc(C)c4OCC)c3O)c2c1. The molecule has 5 aromatic carbocycles. The molecule has 0 aromatic heterocycles. The van der Waals surface area contributed by atoms with E-state index in [4.69, 9.17) is 4.74 Å². The second-order valence-corrected chi connectivity index (χ2v) is 15.6. The number of benzene rings is 5. The molecular formula is C45H55FO2. The molecule has 0 saturated heterocycles. The molecule has 5 aromatic rings. The fraction of sp³-hybridized carbons (Fsp3) is 0.422. The van der Waals surface area contributed by atoms with E-state index in [1.54, 1.807) is 0 Å². The summed E-state index contributed by atoms with van der Waals surface area (Å²) in [7, 11) is 0. The van der Waals surface area contributed by atoms with Gasteiger partial charge >= 0.3 is 0 Å². The quantitative estimate of drug-likeness (QED) is 0.137. The molecule has 0 bridgehead atoms. The minimum atomic E-state index is -0.344. The van der Waals surface area contributed by atoms with Crippen molar-refractivity contribution in [3.05, 3.63) is 94.8 Å². The number of aromatic hydroxyl groups is 1. The van der Waals surface area contributed by atoms with E-state index in [1.165, 1.54) is 23.3 Å². The minimum absolute atomic E-state index is 0.0716. The van der Waals surface area contributed by atoms with E-state index >= 15 is 4.39 Å². The van der Waals surface area contributed by atoms with Gasteiger partial charge in [-0.05, 0) is 131 Å². The Morgan fingerprint density at radius 1 is 0.688 bits per heavy atom. The number of hydrogen-bond acceptors (Lipinski definition) is 2. The Balaban J connectivity index is 1.95. The van der Waals surface area contributed by atoms with Crippen LogP contribution in [0.3, 0.4) is 0 Å². The highest BCUT2D eigenvalue weighted by atomic mass is 19.1. The van der Waals surface area contributed by atoms with E-state index in [0.29, 0.717) is 29.0 Å². The summed E-state index contributed by atoms with van der Waals surface area (Å²) >= 11 is 0. The fourth-order valence-electron chi connectivity index (χ4n) is 7.68. The number of rotatable bonds is 12. The van der Waals surface area contributed by atoms with E-state index < -0.39 is 0 Å². The zero-order chi connectivity index (χ0) is 34.8. The molecule has 0 atom stereocenters. The first-order chi connectivity index (χ1) is 22.8. The average Bonchev–Trinajstić information content (AvgIpc) is 3.02. The number of hydrogen-bond donors (Lipinski definition) is 1. The summed E-state index contributed by atoms with van der Waals surface area (Å²) in [6.45, 7) is 20.1. The number of phenols is 1. The zero-order valence-corrected chi connectivity index (χ0v) is 30.7. The molecule has 0 aliphatic rings. The van der Waals surface area contributed by atoms with Crippen molar-refractivity contribution in [1.82, 2.24) is 0 Å². The normalized spacial score (nSPS) is 12.3. The number of unbranched alkanes of at least 4 members (excludes halogenated alkanes) is 2. The molecule has 2 nitrogen and oxygen atoms in total. The van der Waals surface area contributed by atoms with Crippen LogP contribution in [0.15, 0.2) is 66.7 Å². The van der Waals surface area contributed by atoms with Crippen LogP contribution >= 0.6 is 0 Å². The Kier molecular flexibility index (Phi) is 10.6. The monoisotopic (exact) mass is 646 g/mol. The van der Waals surface area contributed by atoms with Crippen LogP contribution in [0, 0.1) is 18.2 Å². The maximum atomic E-state index is 15.2. The minimum Gasteiger partial charge on any atom is -0.507 e. The van der Waals surface area contributed by atoms with Gasteiger partial charge in [0.1, 0.15) is 17.3 Å². The number of aryl methyl sites for hydroxylation is 3. The lowest BCUT2D eigenvalue weighted by atomic mass is 9.71. The van der Waals surface area contributed by atoms with E-state index in [1.807, 2.05) is 13.8 Å². The first kappa shape index (κ1) is 35.5. The predicted molar refractivity (Wildman–Crippen MR) is 204 cm³/mol. The maximum Gasteiger partial charge on any atom is 0.131 e. The van der Waals surface area contributed by atoms with Gasteiger partial charge < -0.3 is 9.84 Å². The molecule has 0 aliphatic heterocycles. The zero-order valence-electron chi connectivity index (χ0n) is 30.7. The molecule has 254 valence electrons. The van der Waals surface area contributed by atoms with Crippen LogP contribution in [0.5, 0.6) is 11.5 Å². The molecule has 0 aliphatic carbocycles. The first-order valence-corrected chi connectivity index (χ1v) is 18.1. The number of halogens is 1. The van der Waals surface area contributed by atoms with Crippen molar-refractivity contribution in [2.75, 3.05) is 6.61 Å². The van der Waals surface area contributed by atoms with Gasteiger partial charge in [0, 0.05) is 22.3 Å². The summed E-state index contributed by atoms with van der Waals surface area (Å²) in [6.07, 6.45) is 7.47. The second-order valence-electron chi connectivity index (χ2n) is 15.6. The number of fused-ring (bicyclic) bond motifs is 2. The van der Waals surface area contributed by atoms with Gasteiger partial charge in [-0.1, -0.05) is 97.7 Å². The Hall–Kier alpha value is -3.85. The number of ether oxygens (including phenoxy) is 1. The van der Waals surface area contributed by atoms with E-state index in [0.717, 1.165) is 83.2 Å². The molecule has 0 unspecified atom stereocenters. The first-order valence-electron chi connectivity index (χ1n) is 18.1. The van der Waals surface area contributed by atoms with E-state index in [2.05, 4.69) is 103 Å². The molecular weight excluding hydrogens is 591 g/mol. The van der Waals surface area contributed by atoms with Gasteiger partial charge in [-0.15, -0.1) is 0 Å². The highest BCUT2D eigenvalue weighted by molar-refractivity contribution is 6.14. The lowest BCUT2D eigenvalue weighted by molar-refractivity contribution is 0.284. The molecule has 48 heavy (non-hydrogen) atoms. The molecule has 0 amide bonds. The van der Waals surface area contributed by atoms with Crippen molar-refractivity contribution < 1.29 is 14.2 Å². The van der Waals surface area contributed by atoms with Crippen LogP contribution < -0.4 is 4.74 Å². The van der Waals surface area contributed by atoms with Gasteiger partial charge in [0.05, 0.1) is 6.61 Å². The molecule has 0 heterocycles. The molecule has 0 radical (unpaired) electrons. The molecule has 0 spiro atoms. The van der Waals surface area contributed by atoms with Gasteiger partial charge in [0.25, 0.3) is 0 Å². The third-order valence-electron chi connectivity index (χ3n) is 9.67. The Bertz CT molecular complexity index is 1860. The maximum absolute atomic E-state index is 15.2. The third kappa shape index (κ3) is 7.56. The van der Waals surface area contributed by atoms with Crippen LogP contribution in [0.4, 0.5) is 4.39 Å². The largest absolute Gasteiger partial charge is 0.507 e. The van der Waals surface area contributed by atoms with Crippen molar-refractivity contribution in [3.63, 3.8) is 0 Å². The average molecular weight is 647 g/mol. The molecule has 5 rings (SSSR count). The summed E-state index contributed by atoms with van der Waals surface area (Å²) in [4.78, 5) is 0. The fourth-order valence-corrected chi connectivity index (χ4v) is 7.68. The van der Waals surface area contributed by atoms with Gasteiger partial charge in [-0.2, -0.15) is 0 Å². The van der Waals surface area contributed by atoms with Crippen molar-refractivity contribution in [2.45, 2.75) is 113 Å². The summed E-state index contributed by atoms with van der Waals surface area (Å²) in [5.74, 6) is 0.420. The molecule has 3 heteroatoms. The van der Waals surface area contributed by atoms with Crippen molar-refractivity contribution in [2.24, 2.45) is 5.41 Å². The van der Waals surface area contributed by atoms with Crippen molar-refractivity contribution in [1.29, 1.82) is 0 Å². The van der Waals surface area contributed by atoms with Gasteiger partial charge in [-0.3, -0.25) is 0 Å². The third-order valence-corrected chi connectivity index (χ3v) is 9.67. The lowest BCUT2D eigenvalue weighted by Gasteiger charge is -2.34. The highest BCUT2D eigenvalue weighted by Gasteiger charge is 2.31. The van der Waals surface area contributed by atoms with Crippen LogP contribution in [0.25, 0.3) is 43.8 Å². The summed E-state index contributed by atoms with van der Waals surface area (Å²) in [5.41, 5.74) is 7.27. The summed E-state index contributed by atoms with van der Waals surface area (Å²) in [6, 6.07) is 23.3. The van der Waals surface area contributed by atoms with Crippen molar-refractivity contribution in [3.8, 4) is 33.8 Å². The lowest BCUT2D eigenvalue weighted by Crippen LogP contribution is -2.25. The summed E-state index contributed by atoms with van der Waals surface area (Å²) < 4.78 is 21.4. The standard InChI is InChI=1S/C45H55FO2/c1-10-13-15-30-17-19-32-24-33-20-18-31(16-14-11-2)23-37(33)41(36(32)22-30)40-26-34(45(8,9)28-44(5,6)7)25-38(42(40)47)39-27-35(46)21-29(4)43(39)48-12-3/h17-27,47H,10-16,28H2,1-9H3. The van der Waals surface area contributed by atoms with Crippen LogP contribution in [0.2, 0.25) is 0 Å². The highest BCUT2D eigenvalue weighted by Crippen LogP contribution is 2.50. The van der Waals surface area contributed by atoms with Gasteiger partial charge in [0.2, 0.25) is 0 Å². The van der Waals surface area contributed by atoms with Crippen LogP contribution in [-0.2, 0) is 18.3 Å². The molecule has 1 N–H and O–H groups in total. The topological polar surface area (TPSA) is 29.5 Å². The van der Waals surface area contributed by atoms with Gasteiger partial charge in [-0.25, -0.2) is 4.39 Å². The Morgan fingerprint density at radius 2 is 1.25 bits per heavy atom. The van der Waals surface area contributed by atoms with E-state index in [9.17, 15) is 5.11 Å². The smallest absolute Gasteiger partial charge is 0.131 e. The molecule has 0 saturated carbocycles. The Labute approximate surface area is 288 Å². The molecule has 0 fully saturated rings. The number of phenolic OH excluding ortho intramolecular Hbond substituents is 1. The summed E-state index contributed by atoms with van der Waals surface area (Å²) in [5, 5.41) is 17.1. The van der Waals surface area contributed by atoms with Crippen molar-refractivity contribution >= 4 is 21.5 Å². The van der Waals surface area contributed by atoms with Crippen LogP contribution in [0.1, 0.15) is 110 Å².